The largest absolute Gasteiger partial charge is 0.298 e. The highest BCUT2D eigenvalue weighted by Gasteiger charge is 2.15. The summed E-state index contributed by atoms with van der Waals surface area (Å²) in [5.74, 6) is 2.42. The van der Waals surface area contributed by atoms with Crippen LogP contribution in [0.4, 0.5) is 0 Å². The van der Waals surface area contributed by atoms with Crippen LogP contribution in [0, 0.1) is 12.8 Å². The van der Waals surface area contributed by atoms with E-state index >= 15 is 0 Å². The molecule has 0 aromatic carbocycles. The van der Waals surface area contributed by atoms with Crippen molar-refractivity contribution in [2.24, 2.45) is 5.92 Å². The highest BCUT2D eigenvalue weighted by molar-refractivity contribution is 7.99. The Morgan fingerprint density at radius 1 is 1.50 bits per heavy atom. The maximum absolute atomic E-state index is 11.9. The van der Waals surface area contributed by atoms with Gasteiger partial charge in [-0.3, -0.25) is 9.48 Å². The number of hydrogen-bond acceptors (Lipinski definition) is 3. The number of carbonyl (C=O) groups excluding carboxylic acids is 1. The molecule has 1 rings (SSSR count). The van der Waals surface area contributed by atoms with E-state index in [-0.39, 0.29) is 5.78 Å². The molecule has 5 heteroatoms. The van der Waals surface area contributed by atoms with Crippen molar-refractivity contribution in [1.29, 1.82) is 0 Å². The molecule has 0 fully saturated rings. The molecule has 3 nitrogen and oxygen atoms in total. The first-order chi connectivity index (χ1) is 8.45. The molecule has 1 aromatic rings. The predicted molar refractivity (Wildman–Crippen MR) is 78.5 cm³/mol. The van der Waals surface area contributed by atoms with Gasteiger partial charge in [-0.1, -0.05) is 25.4 Å². The smallest absolute Gasteiger partial charge is 0.148 e. The van der Waals surface area contributed by atoms with Crippen molar-refractivity contribution in [2.45, 2.75) is 40.7 Å². The number of nitrogens with zero attached hydrogens (tertiary/aromatic N) is 2. The normalized spacial score (nSPS) is 11.2. The third-order valence-corrected chi connectivity index (χ3v) is 4.45. The summed E-state index contributed by atoms with van der Waals surface area (Å²) in [6, 6.07) is 0. The highest BCUT2D eigenvalue weighted by Crippen LogP contribution is 2.21. The molecule has 0 amide bonds. The summed E-state index contributed by atoms with van der Waals surface area (Å²) in [6.45, 7) is 8.93. The Kier molecular flexibility index (Phi) is 6.22. The van der Waals surface area contributed by atoms with Crippen molar-refractivity contribution in [3.8, 4) is 0 Å². The first-order valence-corrected chi connectivity index (χ1v) is 7.80. The van der Waals surface area contributed by atoms with Crippen LogP contribution in [0.5, 0.6) is 0 Å². The summed E-state index contributed by atoms with van der Waals surface area (Å²) < 4.78 is 1.82. The van der Waals surface area contributed by atoms with Gasteiger partial charge in [-0.25, -0.2) is 0 Å². The minimum atomic E-state index is 0.220. The van der Waals surface area contributed by atoms with Crippen molar-refractivity contribution in [3.05, 3.63) is 16.4 Å². The van der Waals surface area contributed by atoms with Gasteiger partial charge in [0.15, 0.2) is 0 Å². The summed E-state index contributed by atoms with van der Waals surface area (Å²) >= 11 is 7.87. The quantitative estimate of drug-likeness (QED) is 0.772. The molecule has 0 spiro atoms. The van der Waals surface area contributed by atoms with Crippen molar-refractivity contribution in [2.75, 3.05) is 11.5 Å². The third kappa shape index (κ3) is 4.32. The lowest BCUT2D eigenvalue weighted by atomic mass is 10.2. The number of ketones is 1. The molecule has 1 heterocycles. The van der Waals surface area contributed by atoms with Crippen LogP contribution in [0.25, 0.3) is 0 Å². The molecule has 1 aromatic heterocycles. The molecular formula is C13H21ClN2OS. The van der Waals surface area contributed by atoms with Gasteiger partial charge in [-0.15, -0.1) is 0 Å². The Bertz CT molecular complexity index is 415. The predicted octanol–water partition coefficient (Wildman–Crippen LogP) is 3.37. The minimum absolute atomic E-state index is 0.220. The minimum Gasteiger partial charge on any atom is -0.298 e. The molecule has 0 saturated heterocycles. The maximum atomic E-state index is 11.9. The number of rotatable bonds is 7. The van der Waals surface area contributed by atoms with Gasteiger partial charge in [0.25, 0.3) is 0 Å². The summed E-state index contributed by atoms with van der Waals surface area (Å²) in [7, 11) is 0. The van der Waals surface area contributed by atoms with Crippen LogP contribution < -0.4 is 0 Å². The molecule has 0 saturated carbocycles. The van der Waals surface area contributed by atoms with Gasteiger partial charge >= 0.3 is 0 Å². The third-order valence-electron chi connectivity index (χ3n) is 2.53. The zero-order valence-corrected chi connectivity index (χ0v) is 13.1. The zero-order chi connectivity index (χ0) is 13.7. The van der Waals surface area contributed by atoms with Crippen LogP contribution in [0.3, 0.4) is 0 Å². The molecule has 0 aliphatic rings. The average molecular weight is 289 g/mol. The van der Waals surface area contributed by atoms with Gasteiger partial charge in [-0.2, -0.15) is 16.9 Å². The van der Waals surface area contributed by atoms with Crippen LogP contribution in [0.2, 0.25) is 5.02 Å². The Labute approximate surface area is 118 Å². The lowest BCUT2D eigenvalue weighted by Gasteiger charge is -2.06. The van der Waals surface area contributed by atoms with Gasteiger partial charge in [0.1, 0.15) is 5.78 Å². The highest BCUT2D eigenvalue weighted by atomic mass is 35.5. The maximum Gasteiger partial charge on any atom is 0.148 e. The van der Waals surface area contributed by atoms with E-state index in [0.29, 0.717) is 23.1 Å². The van der Waals surface area contributed by atoms with Crippen LogP contribution in [0.1, 0.15) is 32.2 Å². The fourth-order valence-electron chi connectivity index (χ4n) is 1.68. The van der Waals surface area contributed by atoms with Gasteiger partial charge in [0.2, 0.25) is 0 Å². The summed E-state index contributed by atoms with van der Waals surface area (Å²) in [5.41, 5.74) is 1.66. The SMILES string of the molecule is CCn1nc(C)c(Cl)c1CC(=O)CSCC(C)C. The Hall–Kier alpha value is -0.480. The van der Waals surface area contributed by atoms with E-state index in [0.717, 1.165) is 23.7 Å². The van der Waals surface area contributed by atoms with E-state index in [1.54, 1.807) is 11.8 Å². The molecule has 0 N–H and O–H groups in total. The molecule has 0 aliphatic heterocycles. The van der Waals surface area contributed by atoms with E-state index in [2.05, 4.69) is 18.9 Å². The Morgan fingerprint density at radius 2 is 2.17 bits per heavy atom. The molecular weight excluding hydrogens is 268 g/mol. The Morgan fingerprint density at radius 3 is 2.72 bits per heavy atom. The number of carbonyl (C=O) groups is 1. The number of hydrogen-bond donors (Lipinski definition) is 0. The van der Waals surface area contributed by atoms with Crippen molar-refractivity contribution < 1.29 is 4.79 Å². The van der Waals surface area contributed by atoms with E-state index in [1.807, 2.05) is 18.5 Å². The number of Topliss-reactive ketones (excluding diaryl/α,β-unsaturated/α-hetero) is 1. The van der Waals surface area contributed by atoms with E-state index in [9.17, 15) is 4.79 Å². The van der Waals surface area contributed by atoms with E-state index < -0.39 is 0 Å². The first-order valence-electron chi connectivity index (χ1n) is 6.26. The second-order valence-electron chi connectivity index (χ2n) is 4.79. The zero-order valence-electron chi connectivity index (χ0n) is 11.5. The van der Waals surface area contributed by atoms with Crippen molar-refractivity contribution in [3.63, 3.8) is 0 Å². The number of aryl methyl sites for hydroxylation is 2. The van der Waals surface area contributed by atoms with Gasteiger partial charge in [0.05, 0.1) is 28.6 Å². The van der Waals surface area contributed by atoms with Gasteiger partial charge in [0, 0.05) is 6.54 Å². The fourth-order valence-corrected chi connectivity index (χ4v) is 2.81. The summed E-state index contributed by atoms with van der Waals surface area (Å²) in [5, 5.41) is 4.95. The number of aromatic nitrogens is 2. The van der Waals surface area contributed by atoms with Crippen LogP contribution in [0.15, 0.2) is 0 Å². The van der Waals surface area contributed by atoms with Crippen molar-refractivity contribution >= 4 is 29.1 Å². The standard InChI is InChI=1S/C13H21ClN2OS/c1-5-16-12(13(14)10(4)15-16)6-11(17)8-18-7-9(2)3/h9H,5-8H2,1-4H3. The first kappa shape index (κ1) is 15.6. The second kappa shape index (κ2) is 7.19. The topological polar surface area (TPSA) is 34.9 Å². The lowest BCUT2D eigenvalue weighted by molar-refractivity contribution is -0.116. The second-order valence-corrected chi connectivity index (χ2v) is 6.19. The average Bonchev–Trinajstić information content (AvgIpc) is 2.56. The van der Waals surface area contributed by atoms with E-state index in [4.69, 9.17) is 11.6 Å². The van der Waals surface area contributed by atoms with Gasteiger partial charge in [-0.05, 0) is 25.5 Å². The van der Waals surface area contributed by atoms with Crippen molar-refractivity contribution in [1.82, 2.24) is 9.78 Å². The number of halogens is 1. The molecule has 0 bridgehead atoms. The van der Waals surface area contributed by atoms with Crippen LogP contribution >= 0.6 is 23.4 Å². The summed E-state index contributed by atoms with van der Waals surface area (Å²) in [6.07, 6.45) is 0.388. The molecule has 0 radical (unpaired) electrons. The molecule has 18 heavy (non-hydrogen) atoms. The Balaban J connectivity index is 2.59. The van der Waals surface area contributed by atoms with E-state index in [1.165, 1.54) is 0 Å². The van der Waals surface area contributed by atoms with Gasteiger partial charge < -0.3 is 0 Å². The molecule has 0 unspecified atom stereocenters. The summed E-state index contributed by atoms with van der Waals surface area (Å²) in [4.78, 5) is 11.9. The van der Waals surface area contributed by atoms with Crippen LogP contribution in [-0.2, 0) is 17.8 Å². The lowest BCUT2D eigenvalue weighted by Crippen LogP contribution is -2.12. The molecule has 0 atom stereocenters. The molecule has 102 valence electrons. The fraction of sp³-hybridized carbons (Fsp3) is 0.692. The van der Waals surface area contributed by atoms with Crippen LogP contribution in [-0.4, -0.2) is 27.1 Å². The number of thioether (sulfide) groups is 1. The monoisotopic (exact) mass is 288 g/mol. The molecule has 0 aliphatic carbocycles.